The summed E-state index contributed by atoms with van der Waals surface area (Å²) in [6, 6.07) is 15.5. The smallest absolute Gasteiger partial charge is 0.254 e. The van der Waals surface area contributed by atoms with Gasteiger partial charge < -0.3 is 10.2 Å². The zero-order valence-corrected chi connectivity index (χ0v) is 13.4. The quantitative estimate of drug-likeness (QED) is 0.944. The monoisotopic (exact) mass is 321 g/mol. The second kappa shape index (κ2) is 7.14. The van der Waals surface area contributed by atoms with Crippen LogP contribution in [0.15, 0.2) is 42.5 Å². The molecule has 0 bridgehead atoms. The Hall–Kier alpha value is -2.87. The predicted molar refractivity (Wildman–Crippen MR) is 91.2 cm³/mol. The lowest BCUT2D eigenvalue weighted by atomic mass is 10.0. The molecular weight excluding hydrogens is 302 g/mol. The number of carbonyl (C=O) groups excluding carboxylic acids is 2. The van der Waals surface area contributed by atoms with E-state index < -0.39 is 0 Å². The van der Waals surface area contributed by atoms with E-state index in [2.05, 4.69) is 5.32 Å². The fraction of sp³-hybridized carbons (Fsp3) is 0.316. The molecular formula is C19H19N3O2. The summed E-state index contributed by atoms with van der Waals surface area (Å²) in [4.78, 5) is 26.2. The summed E-state index contributed by atoms with van der Waals surface area (Å²) in [6.45, 7) is 1.22. The fourth-order valence-corrected chi connectivity index (χ4v) is 3.16. The molecule has 1 fully saturated rings. The maximum atomic E-state index is 12.8. The van der Waals surface area contributed by atoms with Crippen LogP contribution < -0.4 is 5.32 Å². The molecule has 0 unspecified atom stereocenters. The Morgan fingerprint density at radius 1 is 1.12 bits per heavy atom. The van der Waals surface area contributed by atoms with Crippen LogP contribution in [-0.4, -0.2) is 35.8 Å². The maximum absolute atomic E-state index is 12.8. The second-order valence-corrected chi connectivity index (χ2v) is 6.00. The van der Waals surface area contributed by atoms with Crippen molar-refractivity contribution in [3.63, 3.8) is 0 Å². The number of hydrogen-bond donors (Lipinski definition) is 1. The average Bonchev–Trinajstić information content (AvgIpc) is 2.61. The van der Waals surface area contributed by atoms with Gasteiger partial charge in [0.2, 0.25) is 5.91 Å². The van der Waals surface area contributed by atoms with Gasteiger partial charge in [-0.25, -0.2) is 0 Å². The fourth-order valence-electron chi connectivity index (χ4n) is 3.16. The van der Waals surface area contributed by atoms with Crippen LogP contribution in [0.5, 0.6) is 0 Å². The number of carbonyl (C=O) groups is 2. The molecule has 2 amide bonds. The highest BCUT2D eigenvalue weighted by Gasteiger charge is 2.25. The number of nitrogens with zero attached hydrogens (tertiary/aromatic N) is 2. The van der Waals surface area contributed by atoms with Crippen molar-refractivity contribution in [2.24, 2.45) is 0 Å². The maximum Gasteiger partial charge on any atom is 0.254 e. The Morgan fingerprint density at radius 3 is 2.58 bits per heavy atom. The first kappa shape index (κ1) is 16.0. The van der Waals surface area contributed by atoms with E-state index in [0.29, 0.717) is 25.9 Å². The molecule has 1 aliphatic heterocycles. The first-order chi connectivity index (χ1) is 11.7. The molecule has 5 heteroatoms. The van der Waals surface area contributed by atoms with E-state index in [9.17, 15) is 9.59 Å². The lowest BCUT2D eigenvalue weighted by Crippen LogP contribution is -2.46. The van der Waals surface area contributed by atoms with Gasteiger partial charge in [-0.1, -0.05) is 36.4 Å². The SMILES string of the molecule is N#CCC(=O)NC1CCN(C(=O)c2cccc3ccccc23)CC1. The lowest BCUT2D eigenvalue weighted by molar-refractivity contribution is -0.121. The van der Waals surface area contributed by atoms with Crippen LogP contribution in [0.4, 0.5) is 0 Å². The van der Waals surface area contributed by atoms with Gasteiger partial charge in [-0.2, -0.15) is 5.26 Å². The molecule has 1 heterocycles. The minimum atomic E-state index is -0.240. The first-order valence-electron chi connectivity index (χ1n) is 8.12. The van der Waals surface area contributed by atoms with E-state index in [-0.39, 0.29) is 24.3 Å². The molecule has 1 saturated heterocycles. The van der Waals surface area contributed by atoms with Crippen LogP contribution in [-0.2, 0) is 4.79 Å². The molecule has 1 N–H and O–H groups in total. The number of benzene rings is 2. The van der Waals surface area contributed by atoms with Crippen molar-refractivity contribution in [3.05, 3.63) is 48.0 Å². The van der Waals surface area contributed by atoms with Crippen molar-refractivity contribution >= 4 is 22.6 Å². The highest BCUT2D eigenvalue weighted by atomic mass is 16.2. The summed E-state index contributed by atoms with van der Waals surface area (Å²) >= 11 is 0. The summed E-state index contributed by atoms with van der Waals surface area (Å²) in [5, 5.41) is 13.4. The van der Waals surface area contributed by atoms with Gasteiger partial charge in [0.1, 0.15) is 6.42 Å². The van der Waals surface area contributed by atoms with E-state index >= 15 is 0 Å². The number of rotatable bonds is 3. The molecule has 0 aromatic heterocycles. The normalized spacial score (nSPS) is 15.0. The summed E-state index contributed by atoms with van der Waals surface area (Å²) in [5.74, 6) is -0.204. The zero-order valence-electron chi connectivity index (χ0n) is 13.4. The molecule has 2 aromatic rings. The van der Waals surface area contributed by atoms with Crippen molar-refractivity contribution in [2.45, 2.75) is 25.3 Å². The number of nitrogens with one attached hydrogen (secondary N) is 1. The summed E-state index contributed by atoms with van der Waals surface area (Å²) < 4.78 is 0. The van der Waals surface area contributed by atoms with E-state index in [1.165, 1.54) is 0 Å². The third-order valence-electron chi connectivity index (χ3n) is 4.41. The molecule has 5 nitrogen and oxygen atoms in total. The van der Waals surface area contributed by atoms with Crippen molar-refractivity contribution in [1.82, 2.24) is 10.2 Å². The third-order valence-corrected chi connectivity index (χ3v) is 4.41. The molecule has 3 rings (SSSR count). The molecule has 122 valence electrons. The highest BCUT2D eigenvalue weighted by Crippen LogP contribution is 2.21. The van der Waals surface area contributed by atoms with Gasteiger partial charge >= 0.3 is 0 Å². The van der Waals surface area contributed by atoms with Crippen LogP contribution in [0.1, 0.15) is 29.6 Å². The van der Waals surface area contributed by atoms with Gasteiger partial charge in [0.15, 0.2) is 0 Å². The Morgan fingerprint density at radius 2 is 1.83 bits per heavy atom. The zero-order chi connectivity index (χ0) is 16.9. The number of amides is 2. The van der Waals surface area contributed by atoms with Crippen LogP contribution in [0.25, 0.3) is 10.8 Å². The Kier molecular flexibility index (Phi) is 4.76. The number of likely N-dealkylation sites (tertiary alicyclic amines) is 1. The van der Waals surface area contributed by atoms with Gasteiger partial charge in [0.25, 0.3) is 5.91 Å². The van der Waals surface area contributed by atoms with Crippen LogP contribution >= 0.6 is 0 Å². The summed E-state index contributed by atoms with van der Waals surface area (Å²) in [5.41, 5.74) is 0.722. The molecule has 0 radical (unpaired) electrons. The van der Waals surface area contributed by atoms with E-state index in [1.807, 2.05) is 53.4 Å². The van der Waals surface area contributed by atoms with Gasteiger partial charge in [0.05, 0.1) is 6.07 Å². The number of nitriles is 1. The van der Waals surface area contributed by atoms with Gasteiger partial charge in [-0.3, -0.25) is 9.59 Å². The van der Waals surface area contributed by atoms with Gasteiger partial charge in [0, 0.05) is 24.7 Å². The van der Waals surface area contributed by atoms with Gasteiger partial charge in [-0.05, 0) is 29.7 Å². The van der Waals surface area contributed by atoms with Crippen LogP contribution in [0, 0.1) is 11.3 Å². The molecule has 24 heavy (non-hydrogen) atoms. The highest BCUT2D eigenvalue weighted by molar-refractivity contribution is 6.07. The summed E-state index contributed by atoms with van der Waals surface area (Å²) in [6.07, 6.45) is 1.32. The van der Waals surface area contributed by atoms with E-state index in [0.717, 1.165) is 16.3 Å². The summed E-state index contributed by atoms with van der Waals surface area (Å²) in [7, 11) is 0. The Bertz CT molecular complexity index is 796. The minimum absolute atomic E-state index is 0.0357. The minimum Gasteiger partial charge on any atom is -0.352 e. The van der Waals surface area contributed by atoms with Crippen molar-refractivity contribution < 1.29 is 9.59 Å². The number of piperidine rings is 1. The van der Waals surface area contributed by atoms with Crippen LogP contribution in [0.2, 0.25) is 0 Å². The number of hydrogen-bond acceptors (Lipinski definition) is 3. The first-order valence-corrected chi connectivity index (χ1v) is 8.12. The lowest BCUT2D eigenvalue weighted by Gasteiger charge is -2.32. The van der Waals surface area contributed by atoms with Crippen molar-refractivity contribution in [3.8, 4) is 6.07 Å². The standard InChI is InChI=1S/C19H19N3O2/c20-11-8-18(23)21-15-9-12-22(13-10-15)19(24)17-7-3-5-14-4-1-2-6-16(14)17/h1-7,15H,8-10,12-13H2,(H,21,23). The molecule has 2 aromatic carbocycles. The largest absolute Gasteiger partial charge is 0.352 e. The molecule has 0 spiro atoms. The third kappa shape index (κ3) is 3.38. The second-order valence-electron chi connectivity index (χ2n) is 6.00. The van der Waals surface area contributed by atoms with E-state index in [4.69, 9.17) is 5.26 Å². The van der Waals surface area contributed by atoms with E-state index in [1.54, 1.807) is 0 Å². The molecule has 0 aliphatic carbocycles. The molecule has 1 aliphatic rings. The van der Waals surface area contributed by atoms with Crippen molar-refractivity contribution in [2.75, 3.05) is 13.1 Å². The topological polar surface area (TPSA) is 73.2 Å². The molecule has 0 saturated carbocycles. The number of fused-ring (bicyclic) bond motifs is 1. The average molecular weight is 321 g/mol. The van der Waals surface area contributed by atoms with Crippen LogP contribution in [0.3, 0.4) is 0 Å². The predicted octanol–water partition coefficient (Wildman–Crippen LogP) is 2.47. The van der Waals surface area contributed by atoms with Gasteiger partial charge in [-0.15, -0.1) is 0 Å². The van der Waals surface area contributed by atoms with Crippen molar-refractivity contribution in [1.29, 1.82) is 5.26 Å². The Balaban J connectivity index is 1.67. The Labute approximate surface area is 140 Å². The molecule has 0 atom stereocenters.